The summed E-state index contributed by atoms with van der Waals surface area (Å²) in [4.78, 5) is 4.44. The molecule has 0 aromatic carbocycles. The van der Waals surface area contributed by atoms with E-state index >= 15 is 0 Å². The van der Waals surface area contributed by atoms with E-state index in [1.54, 1.807) is 10.6 Å². The summed E-state index contributed by atoms with van der Waals surface area (Å²) in [6.45, 7) is 1.91. The number of fused-ring (bicyclic) bond motifs is 1. The molecule has 0 saturated heterocycles. The molecule has 0 bridgehead atoms. The molecule has 0 radical (unpaired) electrons. The van der Waals surface area contributed by atoms with E-state index in [2.05, 4.69) is 4.98 Å². The quantitative estimate of drug-likeness (QED) is 0.797. The average molecular weight is 285 g/mol. The van der Waals surface area contributed by atoms with Gasteiger partial charge in [-0.15, -0.1) is 0 Å². The molecule has 1 fully saturated rings. The van der Waals surface area contributed by atoms with Gasteiger partial charge in [0.25, 0.3) is 9.05 Å². The number of pyridine rings is 1. The Labute approximate surface area is 110 Å². The average Bonchev–Trinajstić information content (AvgIpc) is 2.51. The maximum atomic E-state index is 11.8. The zero-order valence-corrected chi connectivity index (χ0v) is 11.5. The largest absolute Gasteiger partial charge is 0.289 e. The lowest BCUT2D eigenvalue weighted by Crippen LogP contribution is -2.12. The highest BCUT2D eigenvalue weighted by Crippen LogP contribution is 2.39. The van der Waals surface area contributed by atoms with Gasteiger partial charge in [0.2, 0.25) is 0 Å². The summed E-state index contributed by atoms with van der Waals surface area (Å²) < 4.78 is 25.2. The van der Waals surface area contributed by atoms with Crippen LogP contribution in [-0.2, 0) is 9.05 Å². The van der Waals surface area contributed by atoms with Gasteiger partial charge >= 0.3 is 0 Å². The van der Waals surface area contributed by atoms with E-state index < -0.39 is 9.05 Å². The molecule has 1 aliphatic carbocycles. The monoisotopic (exact) mass is 284 g/mol. The first-order valence-electron chi connectivity index (χ1n) is 5.90. The van der Waals surface area contributed by atoms with E-state index in [1.165, 1.54) is 0 Å². The van der Waals surface area contributed by atoms with Gasteiger partial charge in [-0.25, -0.2) is 13.4 Å². The second-order valence-electron chi connectivity index (χ2n) is 4.80. The molecule has 0 spiro atoms. The fraction of sp³-hybridized carbons (Fsp3) is 0.417. The highest BCUT2D eigenvalue weighted by Gasteiger charge is 2.31. The second kappa shape index (κ2) is 3.96. The van der Waals surface area contributed by atoms with Gasteiger partial charge in [-0.3, -0.25) is 4.40 Å². The van der Waals surface area contributed by atoms with E-state index in [0.717, 1.165) is 24.8 Å². The number of imidazole rings is 1. The van der Waals surface area contributed by atoms with Gasteiger partial charge in [-0.05, 0) is 31.4 Å². The summed E-state index contributed by atoms with van der Waals surface area (Å²) in [5.41, 5.74) is 2.24. The normalized spacial score (nSPS) is 17.0. The predicted octanol–water partition coefficient (Wildman–Crippen LogP) is 2.84. The van der Waals surface area contributed by atoms with E-state index in [-0.39, 0.29) is 10.9 Å². The van der Waals surface area contributed by atoms with Crippen molar-refractivity contribution < 1.29 is 8.42 Å². The summed E-state index contributed by atoms with van der Waals surface area (Å²) in [5, 5.41) is 0.146. The molecule has 0 aliphatic heterocycles. The third kappa shape index (κ3) is 1.82. The summed E-state index contributed by atoms with van der Waals surface area (Å²) >= 11 is 0. The molecule has 2 aromatic heterocycles. The maximum Gasteiger partial charge on any atom is 0.279 e. The highest BCUT2D eigenvalue weighted by atomic mass is 35.7. The standard InChI is InChI=1S/C12H13ClN2O2S/c1-8-5-6-10-14-11(9-3-2-4-9)12(15(10)7-8)18(13,16)17/h5-7,9H,2-4H2,1H3. The fourth-order valence-electron chi connectivity index (χ4n) is 2.34. The third-order valence-corrected chi connectivity index (χ3v) is 4.78. The van der Waals surface area contributed by atoms with Crippen LogP contribution in [0.1, 0.15) is 36.4 Å². The minimum atomic E-state index is -3.78. The van der Waals surface area contributed by atoms with Crippen molar-refractivity contribution in [2.75, 3.05) is 0 Å². The van der Waals surface area contributed by atoms with Crippen molar-refractivity contribution in [3.8, 4) is 0 Å². The molecular weight excluding hydrogens is 272 g/mol. The van der Waals surface area contributed by atoms with Crippen LogP contribution in [0.25, 0.3) is 5.65 Å². The Morgan fingerprint density at radius 3 is 2.67 bits per heavy atom. The molecule has 3 rings (SSSR count). The molecule has 2 aromatic rings. The molecule has 6 heteroatoms. The van der Waals surface area contributed by atoms with Crippen molar-refractivity contribution in [3.63, 3.8) is 0 Å². The van der Waals surface area contributed by atoms with Gasteiger partial charge in [0.05, 0.1) is 5.69 Å². The topological polar surface area (TPSA) is 51.4 Å². The number of aromatic nitrogens is 2. The van der Waals surface area contributed by atoms with Crippen LogP contribution < -0.4 is 0 Å². The molecule has 4 nitrogen and oxygen atoms in total. The SMILES string of the molecule is Cc1ccc2nc(C3CCC3)c(S(=O)(=O)Cl)n2c1. The maximum absolute atomic E-state index is 11.8. The smallest absolute Gasteiger partial charge is 0.279 e. The van der Waals surface area contributed by atoms with Crippen molar-refractivity contribution in [1.82, 2.24) is 9.38 Å². The molecule has 1 aliphatic rings. The second-order valence-corrected chi connectivity index (χ2v) is 7.28. The molecular formula is C12H13ClN2O2S. The number of nitrogens with zero attached hydrogens (tertiary/aromatic N) is 2. The third-order valence-electron chi connectivity index (χ3n) is 3.47. The van der Waals surface area contributed by atoms with Crippen LogP contribution in [0.2, 0.25) is 0 Å². The van der Waals surface area contributed by atoms with Gasteiger partial charge in [-0.1, -0.05) is 12.5 Å². The molecule has 96 valence electrons. The van der Waals surface area contributed by atoms with Crippen LogP contribution in [0.4, 0.5) is 0 Å². The zero-order valence-electron chi connectivity index (χ0n) is 9.93. The van der Waals surface area contributed by atoms with Crippen LogP contribution >= 0.6 is 10.7 Å². The zero-order chi connectivity index (χ0) is 12.9. The molecule has 0 amide bonds. The van der Waals surface area contributed by atoms with E-state index in [1.807, 2.05) is 19.1 Å². The summed E-state index contributed by atoms with van der Waals surface area (Å²) in [5.74, 6) is 0.230. The molecule has 0 N–H and O–H groups in total. The van der Waals surface area contributed by atoms with Crippen LogP contribution in [0.5, 0.6) is 0 Å². The Hall–Kier alpha value is -1.07. The number of rotatable bonds is 2. The Kier molecular flexibility index (Phi) is 2.64. The van der Waals surface area contributed by atoms with Crippen LogP contribution in [0.15, 0.2) is 23.4 Å². The Morgan fingerprint density at radius 2 is 2.11 bits per heavy atom. The lowest BCUT2D eigenvalue weighted by atomic mass is 9.83. The molecule has 2 heterocycles. The van der Waals surface area contributed by atoms with Gasteiger partial charge < -0.3 is 0 Å². The van der Waals surface area contributed by atoms with Crippen molar-refractivity contribution in [2.45, 2.75) is 37.1 Å². The number of hydrogen-bond donors (Lipinski definition) is 0. The van der Waals surface area contributed by atoms with Crippen molar-refractivity contribution in [1.29, 1.82) is 0 Å². The number of hydrogen-bond acceptors (Lipinski definition) is 3. The number of halogens is 1. The lowest BCUT2D eigenvalue weighted by Gasteiger charge is -2.23. The van der Waals surface area contributed by atoms with Gasteiger partial charge in [0, 0.05) is 22.8 Å². The van der Waals surface area contributed by atoms with Gasteiger partial charge in [0.1, 0.15) is 5.65 Å². The summed E-state index contributed by atoms with van der Waals surface area (Å²) in [7, 11) is 1.79. The van der Waals surface area contributed by atoms with Crippen molar-refractivity contribution >= 4 is 25.4 Å². The first-order valence-corrected chi connectivity index (χ1v) is 8.21. The van der Waals surface area contributed by atoms with Gasteiger partial charge in [0.15, 0.2) is 5.03 Å². The van der Waals surface area contributed by atoms with Crippen LogP contribution in [0, 0.1) is 6.92 Å². The molecule has 18 heavy (non-hydrogen) atoms. The van der Waals surface area contributed by atoms with Crippen LogP contribution in [0.3, 0.4) is 0 Å². The van der Waals surface area contributed by atoms with Crippen LogP contribution in [-0.4, -0.2) is 17.8 Å². The first-order chi connectivity index (χ1) is 8.47. The van der Waals surface area contributed by atoms with E-state index in [4.69, 9.17) is 10.7 Å². The molecule has 0 unspecified atom stereocenters. The predicted molar refractivity (Wildman–Crippen MR) is 69.6 cm³/mol. The first kappa shape index (κ1) is 12.0. The fourth-order valence-corrected chi connectivity index (χ4v) is 3.64. The van der Waals surface area contributed by atoms with Crippen molar-refractivity contribution in [3.05, 3.63) is 29.6 Å². The van der Waals surface area contributed by atoms with Crippen molar-refractivity contribution in [2.24, 2.45) is 0 Å². The molecule has 0 atom stereocenters. The van der Waals surface area contributed by atoms with Gasteiger partial charge in [-0.2, -0.15) is 0 Å². The Morgan fingerprint density at radius 1 is 1.39 bits per heavy atom. The number of aryl methyl sites for hydroxylation is 1. The highest BCUT2D eigenvalue weighted by molar-refractivity contribution is 8.13. The minimum absolute atomic E-state index is 0.146. The molecule has 1 saturated carbocycles. The van der Waals surface area contributed by atoms with E-state index in [9.17, 15) is 8.42 Å². The summed E-state index contributed by atoms with van der Waals surface area (Å²) in [6, 6.07) is 3.74. The Bertz CT molecular complexity index is 717. The van der Waals surface area contributed by atoms with E-state index in [0.29, 0.717) is 11.3 Å². The minimum Gasteiger partial charge on any atom is -0.289 e. The summed E-state index contributed by atoms with van der Waals surface area (Å²) in [6.07, 6.45) is 4.86. The Balaban J connectivity index is 2.34. The lowest BCUT2D eigenvalue weighted by molar-refractivity contribution is 0.405.